The number of rotatable bonds is 12. The molecule has 0 aromatic heterocycles. The molecule has 2 amide bonds. The molecule has 0 bridgehead atoms. The van der Waals surface area contributed by atoms with Gasteiger partial charge in [-0.05, 0) is 0 Å². The Labute approximate surface area is 158 Å². The molecule has 0 saturated carbocycles. The molecule has 0 fully saturated rings. The number of nitrogens with one attached hydrogen (secondary N) is 2. The third kappa shape index (κ3) is 22.6. The number of likely N-dealkylation sites (N-methyl/N-ethyl adjacent to an activating group) is 1. The summed E-state index contributed by atoms with van der Waals surface area (Å²) in [4.78, 5) is 29.3. The predicted molar refractivity (Wildman–Crippen MR) is 100 cm³/mol. The van der Waals surface area contributed by atoms with Gasteiger partial charge in [-0.2, -0.15) is 0 Å². The fraction of sp³-hybridized carbons (Fsp3) is 0.733. The Kier molecular flexibility index (Phi) is 26.7. The van der Waals surface area contributed by atoms with Crippen LogP contribution in [0.25, 0.3) is 0 Å². The summed E-state index contributed by atoms with van der Waals surface area (Å²) in [6, 6.07) is 0. The van der Waals surface area contributed by atoms with Crippen molar-refractivity contribution in [3.63, 3.8) is 0 Å². The molecule has 0 heterocycles. The fourth-order valence-electron chi connectivity index (χ4n) is 1.08. The monoisotopic (exact) mass is 399 g/mol. The van der Waals surface area contributed by atoms with Gasteiger partial charge in [0.05, 0.1) is 13.2 Å². The van der Waals surface area contributed by atoms with E-state index in [1.165, 1.54) is 37.6 Å². The van der Waals surface area contributed by atoms with Gasteiger partial charge in [0, 0.05) is 46.9 Å². The van der Waals surface area contributed by atoms with Gasteiger partial charge in [-0.3, -0.25) is 19.3 Å². The highest BCUT2D eigenvalue weighted by Crippen LogP contribution is 1.90. The number of ether oxygens (including phenoxy) is 3. The number of hydrogen-bond donors (Lipinski definition) is 2. The minimum absolute atomic E-state index is 0.133. The Morgan fingerprint density at radius 3 is 2.19 bits per heavy atom. The van der Waals surface area contributed by atoms with Gasteiger partial charge < -0.3 is 19.5 Å². The number of carbonyl (C=O) groups excluding carboxylic acids is 2. The SMILES string of the molecule is CC.CNC(=O)/C=C\N(C=O)COC.COCC(CONS(C)=O)OC. The fourth-order valence-corrected chi connectivity index (χ4v) is 1.32. The van der Waals surface area contributed by atoms with Crippen molar-refractivity contribution < 1.29 is 32.8 Å². The minimum Gasteiger partial charge on any atom is -0.382 e. The first kappa shape index (κ1) is 29.4. The zero-order chi connectivity index (χ0) is 20.8. The number of nitrogens with zero attached hydrogens (tertiary/aromatic N) is 1. The van der Waals surface area contributed by atoms with E-state index in [0.29, 0.717) is 19.6 Å². The van der Waals surface area contributed by atoms with Gasteiger partial charge in [-0.15, -0.1) is 4.89 Å². The van der Waals surface area contributed by atoms with Crippen LogP contribution in [0.15, 0.2) is 12.3 Å². The molecule has 0 aliphatic heterocycles. The Hall–Kier alpha value is -1.37. The number of methoxy groups -OCH3 is 3. The molecule has 0 saturated heterocycles. The summed E-state index contributed by atoms with van der Waals surface area (Å²) in [5, 5.41) is 2.38. The first-order valence-electron chi connectivity index (χ1n) is 7.77. The van der Waals surface area contributed by atoms with Crippen molar-refractivity contribution in [1.29, 1.82) is 0 Å². The Balaban J connectivity index is -0.000000371. The van der Waals surface area contributed by atoms with Gasteiger partial charge in [0.1, 0.15) is 23.8 Å². The zero-order valence-electron chi connectivity index (χ0n) is 16.6. The van der Waals surface area contributed by atoms with Gasteiger partial charge in [-0.1, -0.05) is 13.8 Å². The maximum atomic E-state index is 10.7. The summed E-state index contributed by atoms with van der Waals surface area (Å²) in [5.41, 5.74) is 0. The van der Waals surface area contributed by atoms with Gasteiger partial charge in [0.25, 0.3) is 0 Å². The molecule has 2 N–H and O–H groups in total. The second-order valence-electron chi connectivity index (χ2n) is 4.13. The first-order valence-corrected chi connectivity index (χ1v) is 9.33. The van der Waals surface area contributed by atoms with E-state index in [4.69, 9.17) is 14.3 Å². The lowest BCUT2D eigenvalue weighted by Crippen LogP contribution is -2.28. The normalized spacial score (nSPS) is 12.1. The van der Waals surface area contributed by atoms with E-state index in [9.17, 15) is 13.8 Å². The van der Waals surface area contributed by atoms with E-state index < -0.39 is 11.0 Å². The van der Waals surface area contributed by atoms with Gasteiger partial charge in [0.15, 0.2) is 0 Å². The van der Waals surface area contributed by atoms with Crippen molar-refractivity contribution in [1.82, 2.24) is 15.1 Å². The summed E-state index contributed by atoms with van der Waals surface area (Å²) in [5.74, 6) is -0.266. The van der Waals surface area contributed by atoms with Crippen LogP contribution in [0.5, 0.6) is 0 Å². The van der Waals surface area contributed by atoms with E-state index in [1.54, 1.807) is 14.2 Å². The van der Waals surface area contributed by atoms with Crippen LogP contribution in [0.1, 0.15) is 13.8 Å². The number of carbonyl (C=O) groups is 2. The second kappa shape index (κ2) is 23.6. The van der Waals surface area contributed by atoms with E-state index >= 15 is 0 Å². The molecule has 156 valence electrons. The minimum atomic E-state index is -1.16. The van der Waals surface area contributed by atoms with Crippen LogP contribution in [-0.4, -0.2) is 82.1 Å². The van der Waals surface area contributed by atoms with Gasteiger partial charge >= 0.3 is 0 Å². The van der Waals surface area contributed by atoms with Gasteiger partial charge in [-0.25, -0.2) is 4.21 Å². The Morgan fingerprint density at radius 2 is 1.81 bits per heavy atom. The molecule has 26 heavy (non-hydrogen) atoms. The third-order valence-corrected chi connectivity index (χ3v) is 2.56. The lowest BCUT2D eigenvalue weighted by atomic mass is 10.4. The van der Waals surface area contributed by atoms with Crippen LogP contribution in [0.2, 0.25) is 0 Å². The lowest BCUT2D eigenvalue weighted by molar-refractivity contribution is -0.119. The molecule has 0 aliphatic rings. The molecule has 0 aliphatic carbocycles. The summed E-state index contributed by atoms with van der Waals surface area (Å²) in [6.45, 7) is 4.90. The molecule has 11 heteroatoms. The molecular formula is C15H33N3O7S. The Morgan fingerprint density at radius 1 is 1.19 bits per heavy atom. The zero-order valence-corrected chi connectivity index (χ0v) is 17.5. The molecule has 0 aromatic carbocycles. The van der Waals surface area contributed by atoms with Crippen molar-refractivity contribution in [2.24, 2.45) is 0 Å². The van der Waals surface area contributed by atoms with E-state index in [-0.39, 0.29) is 18.7 Å². The standard InChI is InChI=1S/C7H12N2O3.C6H15NO4S.C2H6/c1-8-7(11)3-4-9(5-10)6-12-2;1-9-4-6(10-2)5-11-7-12(3)8;1-2/h3-5H,6H2,1-2H3,(H,8,11);6-7H,4-5H2,1-3H3;1-2H3/b4-3-;;. The van der Waals surface area contributed by atoms with E-state index in [1.807, 2.05) is 13.8 Å². The maximum absolute atomic E-state index is 10.7. The highest BCUT2D eigenvalue weighted by atomic mass is 32.2. The van der Waals surface area contributed by atoms with Crippen molar-refractivity contribution in [2.45, 2.75) is 20.0 Å². The quantitative estimate of drug-likeness (QED) is 0.202. The molecule has 2 unspecified atom stereocenters. The van der Waals surface area contributed by atoms with E-state index in [2.05, 4.69) is 14.9 Å². The molecule has 0 rings (SSSR count). The number of hydrogen-bond acceptors (Lipinski definition) is 7. The van der Waals surface area contributed by atoms with Crippen molar-refractivity contribution in [3.8, 4) is 0 Å². The van der Waals surface area contributed by atoms with Crippen LogP contribution in [0, 0.1) is 0 Å². The third-order valence-electron chi connectivity index (χ3n) is 2.21. The van der Waals surface area contributed by atoms with Crippen molar-refractivity contribution in [3.05, 3.63) is 12.3 Å². The van der Waals surface area contributed by atoms with Crippen LogP contribution in [-0.2, 0) is 39.6 Å². The summed E-state index contributed by atoms with van der Waals surface area (Å²) in [7, 11) is 4.96. The molecular weight excluding hydrogens is 366 g/mol. The van der Waals surface area contributed by atoms with E-state index in [0.717, 1.165) is 0 Å². The van der Waals surface area contributed by atoms with Gasteiger partial charge in [0.2, 0.25) is 12.3 Å². The molecule has 10 nitrogen and oxygen atoms in total. The lowest BCUT2D eigenvalue weighted by Gasteiger charge is -2.13. The molecule has 0 aromatic rings. The smallest absolute Gasteiger partial charge is 0.245 e. The van der Waals surface area contributed by atoms with Crippen molar-refractivity contribution in [2.75, 3.05) is 54.6 Å². The van der Waals surface area contributed by atoms with Crippen LogP contribution in [0.3, 0.4) is 0 Å². The number of amides is 2. The first-order chi connectivity index (χ1) is 12.4. The van der Waals surface area contributed by atoms with Crippen LogP contribution < -0.4 is 10.2 Å². The highest BCUT2D eigenvalue weighted by molar-refractivity contribution is 7.82. The highest BCUT2D eigenvalue weighted by Gasteiger charge is 2.06. The maximum Gasteiger partial charge on any atom is 0.245 e. The van der Waals surface area contributed by atoms with Crippen LogP contribution in [0.4, 0.5) is 0 Å². The summed E-state index contributed by atoms with van der Waals surface area (Å²) in [6.07, 6.45) is 4.51. The van der Waals surface area contributed by atoms with Crippen LogP contribution >= 0.6 is 0 Å². The van der Waals surface area contributed by atoms with Crippen molar-refractivity contribution >= 4 is 23.3 Å². The second-order valence-corrected chi connectivity index (χ2v) is 5.20. The largest absolute Gasteiger partial charge is 0.382 e. The topological polar surface area (TPSA) is 115 Å². The Bertz CT molecular complexity index is 384. The average Bonchev–Trinajstić information content (AvgIpc) is 2.65. The summed E-state index contributed by atoms with van der Waals surface area (Å²) >= 11 is 0. The average molecular weight is 400 g/mol. The molecule has 2 atom stereocenters. The summed E-state index contributed by atoms with van der Waals surface area (Å²) < 4.78 is 25.0. The predicted octanol–water partition coefficient (Wildman–Crippen LogP) is -0.203. The molecule has 0 spiro atoms. The molecule has 0 radical (unpaired) electrons.